The van der Waals surface area contributed by atoms with E-state index in [9.17, 15) is 4.79 Å². The topological polar surface area (TPSA) is 86.5 Å². The zero-order valence-corrected chi connectivity index (χ0v) is 16.9. The zero-order chi connectivity index (χ0) is 17.6. The molecule has 2 aromatic rings. The van der Waals surface area contributed by atoms with E-state index in [1.54, 1.807) is 42.6 Å². The van der Waals surface area contributed by atoms with Gasteiger partial charge >= 0.3 is 0 Å². The van der Waals surface area contributed by atoms with Crippen LogP contribution in [0.25, 0.3) is 0 Å². The van der Waals surface area contributed by atoms with Crippen LogP contribution in [0.4, 0.5) is 5.69 Å². The van der Waals surface area contributed by atoms with Crippen LogP contribution >= 0.6 is 36.4 Å². The van der Waals surface area contributed by atoms with Gasteiger partial charge in [0.1, 0.15) is 5.75 Å². The molecule has 3 rings (SSSR count). The monoisotopic (exact) mass is 433 g/mol. The Morgan fingerprint density at radius 2 is 1.85 bits per heavy atom. The average Bonchev–Trinajstić information content (AvgIpc) is 2.65. The number of nitrogens with zero attached hydrogens (tertiary/aromatic N) is 1. The Hall–Kier alpha value is -1.57. The molecule has 0 spiro atoms. The molecule has 0 saturated carbocycles. The van der Waals surface area contributed by atoms with Gasteiger partial charge in [0.2, 0.25) is 11.8 Å². The first-order valence-corrected chi connectivity index (χ1v) is 8.53. The molecule has 1 fully saturated rings. The number of carbonyl (C=O) groups excluding carboxylic acids is 1. The number of ether oxygens (including phenoxy) is 2. The fourth-order valence-electron chi connectivity index (χ4n) is 2.65. The lowest BCUT2D eigenvalue weighted by atomic mass is 9.92. The molecule has 1 aromatic heterocycles. The minimum Gasteiger partial charge on any atom is -0.439 e. The summed E-state index contributed by atoms with van der Waals surface area (Å²) < 4.78 is 10.9. The summed E-state index contributed by atoms with van der Waals surface area (Å²) in [5.41, 5.74) is 6.64. The SMILES string of the molecule is Cl.Cl.NC(C(=O)Nc1ccc(Oc2ccc(Cl)cc2)nc1)C1CCOCC1. The number of hydrogen-bond acceptors (Lipinski definition) is 5. The van der Waals surface area contributed by atoms with Crippen molar-refractivity contribution in [1.82, 2.24) is 4.98 Å². The third-order valence-electron chi connectivity index (χ3n) is 4.12. The third-order valence-corrected chi connectivity index (χ3v) is 4.37. The van der Waals surface area contributed by atoms with Crippen molar-refractivity contribution >= 4 is 48.0 Å². The van der Waals surface area contributed by atoms with Crippen LogP contribution in [0.3, 0.4) is 0 Å². The quantitative estimate of drug-likeness (QED) is 0.741. The van der Waals surface area contributed by atoms with Crippen molar-refractivity contribution in [3.05, 3.63) is 47.6 Å². The number of halogens is 3. The molecular weight excluding hydrogens is 413 g/mol. The van der Waals surface area contributed by atoms with Crippen LogP contribution in [0.2, 0.25) is 5.02 Å². The number of aromatic nitrogens is 1. The second kappa shape index (κ2) is 11.3. The van der Waals surface area contributed by atoms with Crippen LogP contribution in [0.1, 0.15) is 12.8 Å². The van der Waals surface area contributed by atoms with Crippen LogP contribution in [0, 0.1) is 5.92 Å². The Bertz CT molecular complexity index is 708. The molecule has 1 aliphatic rings. The molecule has 9 heteroatoms. The number of nitrogens with two attached hydrogens (primary N) is 1. The lowest BCUT2D eigenvalue weighted by Gasteiger charge is -2.26. The predicted octanol–water partition coefficient (Wildman–Crippen LogP) is 4.06. The molecule has 0 radical (unpaired) electrons. The van der Waals surface area contributed by atoms with Gasteiger partial charge in [-0.3, -0.25) is 4.79 Å². The first-order valence-electron chi connectivity index (χ1n) is 8.15. The highest BCUT2D eigenvalue weighted by Gasteiger charge is 2.26. The van der Waals surface area contributed by atoms with Crippen LogP contribution in [0.5, 0.6) is 11.6 Å². The number of pyridine rings is 1. The zero-order valence-electron chi connectivity index (χ0n) is 14.5. The Morgan fingerprint density at radius 3 is 2.44 bits per heavy atom. The molecule has 1 aliphatic heterocycles. The average molecular weight is 435 g/mol. The molecule has 27 heavy (non-hydrogen) atoms. The fourth-order valence-corrected chi connectivity index (χ4v) is 2.78. The molecule has 1 atom stereocenters. The number of benzene rings is 1. The number of anilines is 1. The number of hydrogen-bond donors (Lipinski definition) is 2. The molecule has 0 bridgehead atoms. The van der Waals surface area contributed by atoms with E-state index < -0.39 is 6.04 Å². The maximum atomic E-state index is 12.3. The van der Waals surface area contributed by atoms with Crippen molar-refractivity contribution < 1.29 is 14.3 Å². The Labute approximate surface area is 175 Å². The Morgan fingerprint density at radius 1 is 1.19 bits per heavy atom. The lowest BCUT2D eigenvalue weighted by Crippen LogP contribution is -2.44. The molecule has 3 N–H and O–H groups in total. The van der Waals surface area contributed by atoms with Gasteiger partial charge in [-0.25, -0.2) is 4.98 Å². The van der Waals surface area contributed by atoms with Crippen molar-refractivity contribution in [2.75, 3.05) is 18.5 Å². The molecular formula is C18H22Cl3N3O3. The van der Waals surface area contributed by atoms with Crippen LogP contribution < -0.4 is 15.8 Å². The normalized spacial score (nSPS) is 15.0. The summed E-state index contributed by atoms with van der Waals surface area (Å²) in [5, 5.41) is 3.44. The van der Waals surface area contributed by atoms with Crippen molar-refractivity contribution in [3.63, 3.8) is 0 Å². The van der Waals surface area contributed by atoms with Crippen LogP contribution in [-0.2, 0) is 9.53 Å². The van der Waals surface area contributed by atoms with Gasteiger partial charge in [0.05, 0.1) is 17.9 Å². The first kappa shape index (κ1) is 23.5. The number of rotatable bonds is 5. The number of amides is 1. The molecule has 0 aliphatic carbocycles. The van der Waals surface area contributed by atoms with E-state index in [1.165, 1.54) is 0 Å². The van der Waals surface area contributed by atoms with Gasteiger partial charge in [0, 0.05) is 24.3 Å². The molecule has 1 aromatic carbocycles. The maximum absolute atomic E-state index is 12.3. The summed E-state index contributed by atoms with van der Waals surface area (Å²) in [7, 11) is 0. The minimum atomic E-state index is -0.547. The van der Waals surface area contributed by atoms with Crippen molar-refractivity contribution in [2.24, 2.45) is 11.7 Å². The van der Waals surface area contributed by atoms with Gasteiger partial charge in [-0.2, -0.15) is 0 Å². The summed E-state index contributed by atoms with van der Waals surface area (Å²) >= 11 is 5.84. The summed E-state index contributed by atoms with van der Waals surface area (Å²) in [4.78, 5) is 16.5. The highest BCUT2D eigenvalue weighted by atomic mass is 35.5. The summed E-state index contributed by atoms with van der Waals surface area (Å²) in [6.07, 6.45) is 3.15. The molecule has 1 saturated heterocycles. The van der Waals surface area contributed by atoms with Crippen LogP contribution in [-0.4, -0.2) is 30.1 Å². The fraction of sp³-hybridized carbons (Fsp3) is 0.333. The summed E-state index contributed by atoms with van der Waals surface area (Å²) in [6, 6.07) is 9.86. The van der Waals surface area contributed by atoms with E-state index in [-0.39, 0.29) is 36.6 Å². The van der Waals surface area contributed by atoms with E-state index in [1.807, 2.05) is 0 Å². The molecule has 148 valence electrons. The second-order valence-corrected chi connectivity index (χ2v) is 6.34. The first-order chi connectivity index (χ1) is 12.1. The summed E-state index contributed by atoms with van der Waals surface area (Å²) in [6.45, 7) is 1.31. The van der Waals surface area contributed by atoms with Gasteiger partial charge < -0.3 is 20.5 Å². The highest BCUT2D eigenvalue weighted by molar-refractivity contribution is 6.30. The van der Waals surface area contributed by atoms with Gasteiger partial charge in [-0.1, -0.05) is 11.6 Å². The van der Waals surface area contributed by atoms with E-state index in [0.717, 1.165) is 12.8 Å². The second-order valence-electron chi connectivity index (χ2n) is 5.91. The summed E-state index contributed by atoms with van der Waals surface area (Å²) in [5.74, 6) is 0.999. The number of nitrogens with one attached hydrogen (secondary N) is 1. The third kappa shape index (κ3) is 6.83. The van der Waals surface area contributed by atoms with Gasteiger partial charge in [0.25, 0.3) is 0 Å². The minimum absolute atomic E-state index is 0. The molecule has 1 unspecified atom stereocenters. The van der Waals surface area contributed by atoms with E-state index >= 15 is 0 Å². The standard InChI is InChI=1S/C18H20ClN3O3.2ClH/c19-13-1-4-15(5-2-13)25-16-6-3-14(11-21-16)22-18(23)17(20)12-7-9-24-10-8-12;;/h1-6,11-12,17H,7-10,20H2,(H,22,23);2*1H. The van der Waals surface area contributed by atoms with E-state index in [2.05, 4.69) is 10.3 Å². The molecule has 1 amide bonds. The number of carbonyl (C=O) groups is 1. The van der Waals surface area contributed by atoms with Crippen molar-refractivity contribution in [2.45, 2.75) is 18.9 Å². The molecule has 2 heterocycles. The Balaban J connectivity index is 0.00000182. The highest BCUT2D eigenvalue weighted by Crippen LogP contribution is 2.23. The smallest absolute Gasteiger partial charge is 0.241 e. The van der Waals surface area contributed by atoms with Crippen molar-refractivity contribution in [3.8, 4) is 11.6 Å². The van der Waals surface area contributed by atoms with E-state index in [4.69, 9.17) is 26.8 Å². The van der Waals surface area contributed by atoms with Gasteiger partial charge in [0.15, 0.2) is 0 Å². The van der Waals surface area contributed by atoms with Gasteiger partial charge in [-0.15, -0.1) is 24.8 Å². The van der Waals surface area contributed by atoms with Gasteiger partial charge in [-0.05, 0) is 49.1 Å². The molecule has 6 nitrogen and oxygen atoms in total. The Kier molecular flexibility index (Phi) is 9.83. The van der Waals surface area contributed by atoms with E-state index in [0.29, 0.717) is 35.6 Å². The maximum Gasteiger partial charge on any atom is 0.241 e. The lowest BCUT2D eigenvalue weighted by molar-refractivity contribution is -0.119. The largest absolute Gasteiger partial charge is 0.439 e. The van der Waals surface area contributed by atoms with Crippen LogP contribution in [0.15, 0.2) is 42.6 Å². The van der Waals surface area contributed by atoms with Crippen molar-refractivity contribution in [1.29, 1.82) is 0 Å². The predicted molar refractivity (Wildman–Crippen MR) is 110 cm³/mol.